The Hall–Kier alpha value is -2.34. The van der Waals surface area contributed by atoms with Gasteiger partial charge in [0.2, 0.25) is 0 Å². The third kappa shape index (κ3) is 2.94. The Kier molecular flexibility index (Phi) is 3.75. The zero-order valence-electron chi connectivity index (χ0n) is 12.4. The molecular weight excluding hydrogens is 311 g/mol. The van der Waals surface area contributed by atoms with Gasteiger partial charge in [0.25, 0.3) is 0 Å². The van der Waals surface area contributed by atoms with Gasteiger partial charge in [-0.05, 0) is 43.5 Å². The van der Waals surface area contributed by atoms with Gasteiger partial charge in [0.05, 0.1) is 17.9 Å². The van der Waals surface area contributed by atoms with Crippen molar-refractivity contribution in [2.75, 3.05) is 5.32 Å². The second-order valence-electron chi connectivity index (χ2n) is 5.51. The first kappa shape index (κ1) is 14.3. The van der Waals surface area contributed by atoms with Crippen molar-refractivity contribution in [2.24, 2.45) is 0 Å². The summed E-state index contributed by atoms with van der Waals surface area (Å²) in [4.78, 5) is 14.5. The number of aryl methyl sites for hydroxylation is 1. The monoisotopic (exact) mass is 326 g/mol. The van der Waals surface area contributed by atoms with Gasteiger partial charge in [-0.1, -0.05) is 0 Å². The zero-order chi connectivity index (χ0) is 15.6. The lowest BCUT2D eigenvalue weighted by atomic mass is 9.97. The second kappa shape index (κ2) is 6.04. The molecule has 0 radical (unpaired) electrons. The summed E-state index contributed by atoms with van der Waals surface area (Å²) in [6.07, 6.45) is 8.25. The number of thiazole rings is 1. The van der Waals surface area contributed by atoms with Crippen LogP contribution in [0, 0.1) is 5.82 Å². The van der Waals surface area contributed by atoms with Gasteiger partial charge in [-0.2, -0.15) is 0 Å². The van der Waals surface area contributed by atoms with E-state index < -0.39 is 0 Å². The Morgan fingerprint density at radius 3 is 2.83 bits per heavy atom. The van der Waals surface area contributed by atoms with Crippen LogP contribution in [-0.4, -0.2) is 15.0 Å². The Bertz CT molecular complexity index is 801. The molecule has 1 N–H and O–H groups in total. The molecule has 0 spiro atoms. The molecule has 0 fully saturated rings. The van der Waals surface area contributed by atoms with Crippen LogP contribution < -0.4 is 5.32 Å². The van der Waals surface area contributed by atoms with Crippen LogP contribution in [0.2, 0.25) is 0 Å². The van der Waals surface area contributed by atoms with Crippen molar-refractivity contribution in [1.29, 1.82) is 0 Å². The summed E-state index contributed by atoms with van der Waals surface area (Å²) in [6.45, 7) is 0. The summed E-state index contributed by atoms with van der Waals surface area (Å²) < 4.78 is 13.1. The number of rotatable bonds is 3. The molecule has 0 saturated carbocycles. The van der Waals surface area contributed by atoms with E-state index in [0.717, 1.165) is 41.3 Å². The van der Waals surface area contributed by atoms with E-state index in [4.69, 9.17) is 4.98 Å². The maximum absolute atomic E-state index is 13.1. The minimum absolute atomic E-state index is 0.154. The van der Waals surface area contributed by atoms with Crippen LogP contribution in [0.25, 0.3) is 10.6 Å². The standard InChI is InChI=1S/C17H15FN4S/c18-12-6-4-11(5-7-12)17-22-16-13(2-1-3-14(16)23-17)21-15-10-19-8-9-20-15/h4-10,13H,1-3H2,(H,20,21). The van der Waals surface area contributed by atoms with Gasteiger partial charge >= 0.3 is 0 Å². The number of benzene rings is 1. The van der Waals surface area contributed by atoms with Crippen LogP contribution in [0.15, 0.2) is 42.9 Å². The number of aromatic nitrogens is 3. The molecule has 0 bridgehead atoms. The molecule has 1 aliphatic rings. The van der Waals surface area contributed by atoms with Gasteiger partial charge in [0.1, 0.15) is 16.6 Å². The van der Waals surface area contributed by atoms with E-state index in [-0.39, 0.29) is 11.9 Å². The summed E-state index contributed by atoms with van der Waals surface area (Å²) >= 11 is 1.70. The first-order valence-corrected chi connectivity index (χ1v) is 8.39. The predicted molar refractivity (Wildman–Crippen MR) is 88.8 cm³/mol. The summed E-state index contributed by atoms with van der Waals surface area (Å²) in [5.74, 6) is 0.541. The Balaban J connectivity index is 1.64. The molecule has 2 heterocycles. The smallest absolute Gasteiger partial charge is 0.144 e. The van der Waals surface area contributed by atoms with Crippen molar-refractivity contribution in [3.8, 4) is 10.6 Å². The van der Waals surface area contributed by atoms with E-state index in [1.54, 1.807) is 42.1 Å². The van der Waals surface area contributed by atoms with Crippen LogP contribution in [0.3, 0.4) is 0 Å². The maximum atomic E-state index is 13.1. The van der Waals surface area contributed by atoms with Crippen LogP contribution >= 0.6 is 11.3 Å². The molecule has 3 aromatic rings. The minimum atomic E-state index is -0.225. The molecular formula is C17H15FN4S. The highest BCUT2D eigenvalue weighted by molar-refractivity contribution is 7.15. The third-order valence-electron chi connectivity index (χ3n) is 3.93. The van der Waals surface area contributed by atoms with Gasteiger partial charge in [-0.25, -0.2) is 14.4 Å². The van der Waals surface area contributed by atoms with Crippen molar-refractivity contribution in [1.82, 2.24) is 15.0 Å². The van der Waals surface area contributed by atoms with Crippen LogP contribution in [-0.2, 0) is 6.42 Å². The first-order chi connectivity index (χ1) is 11.3. The molecule has 0 aliphatic heterocycles. The van der Waals surface area contributed by atoms with Crippen molar-refractivity contribution in [3.05, 3.63) is 59.2 Å². The van der Waals surface area contributed by atoms with E-state index in [2.05, 4.69) is 15.3 Å². The molecule has 116 valence electrons. The maximum Gasteiger partial charge on any atom is 0.144 e. The fourth-order valence-electron chi connectivity index (χ4n) is 2.83. The van der Waals surface area contributed by atoms with E-state index in [0.29, 0.717) is 0 Å². The Morgan fingerprint density at radius 2 is 2.04 bits per heavy atom. The van der Waals surface area contributed by atoms with E-state index in [1.807, 2.05) is 0 Å². The highest BCUT2D eigenvalue weighted by atomic mass is 32.1. The number of hydrogen-bond acceptors (Lipinski definition) is 5. The minimum Gasteiger partial charge on any atom is -0.360 e. The summed E-state index contributed by atoms with van der Waals surface area (Å²) in [6, 6.07) is 6.67. The lowest BCUT2D eigenvalue weighted by molar-refractivity contribution is 0.592. The molecule has 0 saturated heterocycles. The molecule has 4 rings (SSSR count). The molecule has 0 amide bonds. The number of nitrogens with one attached hydrogen (secondary N) is 1. The van der Waals surface area contributed by atoms with Gasteiger partial charge in [-0.3, -0.25) is 4.98 Å². The second-order valence-corrected chi connectivity index (χ2v) is 6.60. The number of fused-ring (bicyclic) bond motifs is 1. The molecule has 1 aromatic carbocycles. The third-order valence-corrected chi connectivity index (χ3v) is 5.11. The van der Waals surface area contributed by atoms with Crippen LogP contribution in [0.5, 0.6) is 0 Å². The van der Waals surface area contributed by atoms with E-state index >= 15 is 0 Å². The Morgan fingerprint density at radius 1 is 1.17 bits per heavy atom. The zero-order valence-corrected chi connectivity index (χ0v) is 13.2. The first-order valence-electron chi connectivity index (χ1n) is 7.58. The van der Waals surface area contributed by atoms with Crippen molar-refractivity contribution in [2.45, 2.75) is 25.3 Å². The molecule has 6 heteroatoms. The molecule has 23 heavy (non-hydrogen) atoms. The number of hydrogen-bond donors (Lipinski definition) is 1. The largest absolute Gasteiger partial charge is 0.360 e. The van der Waals surface area contributed by atoms with Crippen molar-refractivity contribution < 1.29 is 4.39 Å². The van der Waals surface area contributed by atoms with Gasteiger partial charge in [-0.15, -0.1) is 11.3 Å². The number of nitrogens with zero attached hydrogens (tertiary/aromatic N) is 3. The van der Waals surface area contributed by atoms with Crippen molar-refractivity contribution in [3.63, 3.8) is 0 Å². The molecule has 2 aromatic heterocycles. The van der Waals surface area contributed by atoms with E-state index in [1.165, 1.54) is 17.0 Å². The van der Waals surface area contributed by atoms with Crippen LogP contribution in [0.1, 0.15) is 29.5 Å². The van der Waals surface area contributed by atoms with Gasteiger partial charge < -0.3 is 5.32 Å². The van der Waals surface area contributed by atoms with Crippen LogP contribution in [0.4, 0.5) is 10.2 Å². The highest BCUT2D eigenvalue weighted by Crippen LogP contribution is 2.38. The lowest BCUT2D eigenvalue weighted by Gasteiger charge is -2.22. The molecule has 4 nitrogen and oxygen atoms in total. The molecule has 1 unspecified atom stereocenters. The summed E-state index contributed by atoms with van der Waals surface area (Å²) in [7, 11) is 0. The SMILES string of the molecule is Fc1ccc(-c2nc3c(s2)CCCC3Nc2cnccn2)cc1. The number of halogens is 1. The van der Waals surface area contributed by atoms with Crippen molar-refractivity contribution >= 4 is 17.2 Å². The highest BCUT2D eigenvalue weighted by Gasteiger charge is 2.25. The summed E-state index contributed by atoms with van der Waals surface area (Å²) in [5.41, 5.74) is 2.05. The molecule has 1 atom stereocenters. The Labute approximate surface area is 137 Å². The normalized spacial score (nSPS) is 16.8. The fourth-order valence-corrected chi connectivity index (χ4v) is 4.00. The topological polar surface area (TPSA) is 50.7 Å². The lowest BCUT2D eigenvalue weighted by Crippen LogP contribution is -2.17. The summed E-state index contributed by atoms with van der Waals surface area (Å²) in [5, 5.41) is 4.37. The molecule has 1 aliphatic carbocycles. The van der Waals surface area contributed by atoms with Gasteiger partial charge in [0, 0.05) is 22.8 Å². The quantitative estimate of drug-likeness (QED) is 0.782. The predicted octanol–water partition coefficient (Wildman–Crippen LogP) is 4.23. The average molecular weight is 326 g/mol. The van der Waals surface area contributed by atoms with Gasteiger partial charge in [0.15, 0.2) is 0 Å². The average Bonchev–Trinajstić information content (AvgIpc) is 3.02. The fraction of sp³-hybridized carbons (Fsp3) is 0.235. The van der Waals surface area contributed by atoms with E-state index in [9.17, 15) is 4.39 Å². The number of anilines is 1.